The Bertz CT molecular complexity index is 1510. The molecule has 4 aromatic carbocycles. The second-order valence-corrected chi connectivity index (χ2v) is 11.2. The van der Waals surface area contributed by atoms with Crippen LogP contribution in [0.25, 0.3) is 0 Å². The number of piperazine rings is 1. The van der Waals surface area contributed by atoms with Gasteiger partial charge in [0.2, 0.25) is 0 Å². The van der Waals surface area contributed by atoms with Crippen LogP contribution in [0.5, 0.6) is 5.75 Å². The van der Waals surface area contributed by atoms with Crippen LogP contribution in [0.2, 0.25) is 0 Å². The van der Waals surface area contributed by atoms with E-state index < -0.39 is 10.0 Å². The summed E-state index contributed by atoms with van der Waals surface area (Å²) in [5.41, 5.74) is 2.81. The fourth-order valence-electron chi connectivity index (χ4n) is 4.77. The van der Waals surface area contributed by atoms with Crippen molar-refractivity contribution in [2.24, 2.45) is 0 Å². The molecular formula is C31H31N3O4S. The second-order valence-electron chi connectivity index (χ2n) is 9.31. The number of hydrogen-bond donors (Lipinski definition) is 0. The molecule has 0 bridgehead atoms. The third-order valence-corrected chi connectivity index (χ3v) is 8.68. The Morgan fingerprint density at radius 3 is 2.00 bits per heavy atom. The van der Waals surface area contributed by atoms with E-state index in [-0.39, 0.29) is 17.3 Å². The normalized spacial score (nSPS) is 13.7. The SMILES string of the molecule is COc1cc(N(Cc2ccccc2)S(=O)(=O)c2ccccc2)ccc1C(=O)N1CCN(c2ccccc2)CC1. The number of anilines is 2. The lowest BCUT2D eigenvalue weighted by Gasteiger charge is -2.36. The number of sulfonamides is 1. The number of nitrogens with zero attached hydrogens (tertiary/aromatic N) is 3. The average molecular weight is 542 g/mol. The Morgan fingerprint density at radius 2 is 1.38 bits per heavy atom. The van der Waals surface area contributed by atoms with Crippen molar-refractivity contribution in [2.45, 2.75) is 11.4 Å². The van der Waals surface area contributed by atoms with Crippen molar-refractivity contribution >= 4 is 27.3 Å². The molecule has 0 aromatic heterocycles. The van der Waals surface area contributed by atoms with Crippen LogP contribution in [-0.4, -0.2) is 52.5 Å². The summed E-state index contributed by atoms with van der Waals surface area (Å²) in [7, 11) is -2.39. The highest BCUT2D eigenvalue weighted by Crippen LogP contribution is 2.32. The van der Waals surface area contributed by atoms with Crippen molar-refractivity contribution in [1.82, 2.24) is 4.90 Å². The summed E-state index contributed by atoms with van der Waals surface area (Å²) in [5, 5.41) is 0. The van der Waals surface area contributed by atoms with Crippen LogP contribution < -0.4 is 13.9 Å². The Balaban J connectivity index is 1.42. The van der Waals surface area contributed by atoms with Gasteiger partial charge in [-0.3, -0.25) is 9.10 Å². The monoisotopic (exact) mass is 541 g/mol. The van der Waals surface area contributed by atoms with E-state index in [1.165, 1.54) is 11.4 Å². The topological polar surface area (TPSA) is 70.2 Å². The zero-order valence-electron chi connectivity index (χ0n) is 21.8. The molecule has 200 valence electrons. The van der Waals surface area contributed by atoms with Crippen LogP contribution in [0.15, 0.2) is 114 Å². The minimum absolute atomic E-state index is 0.133. The first-order chi connectivity index (χ1) is 19.0. The number of para-hydroxylation sites is 1. The van der Waals surface area contributed by atoms with Gasteiger partial charge in [-0.15, -0.1) is 0 Å². The van der Waals surface area contributed by atoms with E-state index in [0.717, 1.165) is 24.3 Å². The molecule has 1 saturated heterocycles. The fourth-order valence-corrected chi connectivity index (χ4v) is 6.24. The number of hydrogen-bond acceptors (Lipinski definition) is 5. The summed E-state index contributed by atoms with van der Waals surface area (Å²) in [5.74, 6) is 0.205. The quantitative estimate of drug-likeness (QED) is 0.312. The van der Waals surface area contributed by atoms with Crippen molar-refractivity contribution in [3.63, 3.8) is 0 Å². The Morgan fingerprint density at radius 1 is 0.795 bits per heavy atom. The van der Waals surface area contributed by atoms with E-state index in [4.69, 9.17) is 4.74 Å². The molecule has 39 heavy (non-hydrogen) atoms. The summed E-state index contributed by atoms with van der Waals surface area (Å²) < 4.78 is 34.5. The third-order valence-electron chi connectivity index (χ3n) is 6.89. The Labute approximate surface area is 229 Å². The van der Waals surface area contributed by atoms with Gasteiger partial charge in [0.05, 0.1) is 29.8 Å². The smallest absolute Gasteiger partial charge is 0.264 e. The standard InChI is InChI=1S/C31H31N3O4S/c1-38-30-23-27(34(24-25-11-5-2-6-12-25)39(36,37)28-15-9-4-10-16-28)17-18-29(30)31(35)33-21-19-32(20-22-33)26-13-7-3-8-14-26/h2-18,23H,19-22,24H2,1H3. The van der Waals surface area contributed by atoms with Crippen molar-refractivity contribution in [1.29, 1.82) is 0 Å². The lowest BCUT2D eigenvalue weighted by atomic mass is 10.1. The highest BCUT2D eigenvalue weighted by atomic mass is 32.2. The first-order valence-electron chi connectivity index (χ1n) is 12.9. The molecule has 8 heteroatoms. The summed E-state index contributed by atoms with van der Waals surface area (Å²) in [6.45, 7) is 2.77. The van der Waals surface area contributed by atoms with E-state index >= 15 is 0 Å². The van der Waals surface area contributed by atoms with Gasteiger partial charge in [0.15, 0.2) is 0 Å². The molecule has 7 nitrogen and oxygen atoms in total. The molecule has 0 radical (unpaired) electrons. The van der Waals surface area contributed by atoms with Crippen molar-refractivity contribution in [3.8, 4) is 5.75 Å². The first kappa shape index (κ1) is 26.3. The minimum atomic E-state index is -3.89. The molecule has 1 aliphatic heterocycles. The maximum atomic E-state index is 13.8. The van der Waals surface area contributed by atoms with Gasteiger partial charge in [-0.1, -0.05) is 66.7 Å². The molecule has 0 unspecified atom stereocenters. The predicted molar refractivity (Wildman–Crippen MR) is 154 cm³/mol. The van der Waals surface area contributed by atoms with Crippen LogP contribution in [-0.2, 0) is 16.6 Å². The Hall–Kier alpha value is -4.30. The van der Waals surface area contributed by atoms with Crippen molar-refractivity contribution in [3.05, 3.63) is 120 Å². The number of ether oxygens (including phenoxy) is 1. The van der Waals surface area contributed by atoms with Crippen molar-refractivity contribution in [2.75, 3.05) is 42.5 Å². The molecule has 1 aliphatic rings. The fraction of sp³-hybridized carbons (Fsp3) is 0.194. The molecule has 1 heterocycles. The maximum absolute atomic E-state index is 13.8. The molecule has 5 rings (SSSR count). The zero-order valence-corrected chi connectivity index (χ0v) is 22.6. The van der Waals surface area contributed by atoms with E-state index in [1.54, 1.807) is 48.5 Å². The molecular weight excluding hydrogens is 510 g/mol. The Kier molecular flexibility index (Phi) is 7.84. The molecule has 0 aliphatic carbocycles. The predicted octanol–water partition coefficient (Wildman–Crippen LogP) is 5.05. The van der Waals surface area contributed by atoms with Gasteiger partial charge in [-0.25, -0.2) is 8.42 Å². The van der Waals surface area contributed by atoms with Crippen LogP contribution in [0.3, 0.4) is 0 Å². The highest BCUT2D eigenvalue weighted by Gasteiger charge is 2.28. The van der Waals surface area contributed by atoms with Gasteiger partial charge in [0.1, 0.15) is 5.75 Å². The largest absolute Gasteiger partial charge is 0.496 e. The molecule has 1 amide bonds. The molecule has 0 spiro atoms. The number of carbonyl (C=O) groups excluding carboxylic acids is 1. The van der Waals surface area contributed by atoms with Gasteiger partial charge in [0, 0.05) is 37.9 Å². The lowest BCUT2D eigenvalue weighted by molar-refractivity contribution is 0.0743. The van der Waals surface area contributed by atoms with E-state index in [1.807, 2.05) is 53.4 Å². The highest BCUT2D eigenvalue weighted by molar-refractivity contribution is 7.92. The average Bonchev–Trinajstić information content (AvgIpc) is 3.00. The molecule has 0 saturated carbocycles. The molecule has 4 aromatic rings. The number of carbonyl (C=O) groups is 1. The van der Waals surface area contributed by atoms with E-state index in [0.29, 0.717) is 30.1 Å². The summed E-state index contributed by atoms with van der Waals surface area (Å²) in [6, 6.07) is 32.9. The van der Waals surface area contributed by atoms with Crippen LogP contribution in [0.1, 0.15) is 15.9 Å². The first-order valence-corrected chi connectivity index (χ1v) is 14.3. The van der Waals surface area contributed by atoms with Gasteiger partial charge in [0.25, 0.3) is 15.9 Å². The zero-order chi connectivity index (χ0) is 27.2. The summed E-state index contributed by atoms with van der Waals surface area (Å²) in [4.78, 5) is 17.8. The summed E-state index contributed by atoms with van der Waals surface area (Å²) >= 11 is 0. The summed E-state index contributed by atoms with van der Waals surface area (Å²) in [6.07, 6.45) is 0. The molecule has 0 atom stereocenters. The van der Waals surface area contributed by atoms with E-state index in [2.05, 4.69) is 17.0 Å². The van der Waals surface area contributed by atoms with Crippen LogP contribution in [0, 0.1) is 0 Å². The number of benzene rings is 4. The van der Waals surface area contributed by atoms with Gasteiger partial charge < -0.3 is 14.5 Å². The lowest BCUT2D eigenvalue weighted by Crippen LogP contribution is -2.48. The number of methoxy groups -OCH3 is 1. The molecule has 0 N–H and O–H groups in total. The minimum Gasteiger partial charge on any atom is -0.496 e. The number of amides is 1. The molecule has 1 fully saturated rings. The van der Waals surface area contributed by atoms with Gasteiger partial charge in [-0.2, -0.15) is 0 Å². The van der Waals surface area contributed by atoms with Crippen molar-refractivity contribution < 1.29 is 17.9 Å². The number of rotatable bonds is 8. The second kappa shape index (κ2) is 11.6. The van der Waals surface area contributed by atoms with E-state index in [9.17, 15) is 13.2 Å². The van der Waals surface area contributed by atoms with Crippen LogP contribution in [0.4, 0.5) is 11.4 Å². The van der Waals surface area contributed by atoms with Gasteiger partial charge >= 0.3 is 0 Å². The van der Waals surface area contributed by atoms with Crippen LogP contribution >= 0.6 is 0 Å². The third kappa shape index (κ3) is 5.76. The van der Waals surface area contributed by atoms with Gasteiger partial charge in [-0.05, 0) is 42.0 Å². The maximum Gasteiger partial charge on any atom is 0.264 e.